The molecule has 1 N–H and O–H groups in total. The molecule has 0 unspecified atom stereocenters. The second-order valence-corrected chi connectivity index (χ2v) is 6.61. The van der Waals surface area contributed by atoms with Crippen LogP contribution in [0.15, 0.2) is 76.2 Å². The first kappa shape index (κ1) is 19.3. The highest BCUT2D eigenvalue weighted by Gasteiger charge is 2.15. The Morgan fingerprint density at radius 2 is 1.83 bits per heavy atom. The Hall–Kier alpha value is -4.00. The number of aromatic nitrogens is 2. The van der Waals surface area contributed by atoms with Crippen molar-refractivity contribution in [2.24, 2.45) is 0 Å². The molecule has 1 amide bonds. The van der Waals surface area contributed by atoms with E-state index in [1.54, 1.807) is 30.6 Å². The molecule has 2 aromatic heterocycles. The van der Waals surface area contributed by atoms with Crippen LogP contribution in [0.25, 0.3) is 22.4 Å². The Kier molecular flexibility index (Phi) is 5.52. The lowest BCUT2D eigenvalue weighted by atomic mass is 10.1. The lowest BCUT2D eigenvalue weighted by molar-refractivity contribution is 0.0950. The summed E-state index contributed by atoms with van der Waals surface area (Å²) in [6, 6.07) is 16.4. The molecule has 0 saturated carbocycles. The van der Waals surface area contributed by atoms with Crippen LogP contribution >= 0.6 is 0 Å². The quantitative estimate of drug-likeness (QED) is 0.499. The van der Waals surface area contributed by atoms with Crippen LogP contribution in [0, 0.1) is 0 Å². The van der Waals surface area contributed by atoms with Crippen LogP contribution in [0.5, 0.6) is 5.75 Å². The van der Waals surface area contributed by atoms with Crippen molar-refractivity contribution >= 4 is 16.9 Å². The highest BCUT2D eigenvalue weighted by atomic mass is 16.5. The van der Waals surface area contributed by atoms with Gasteiger partial charge in [0, 0.05) is 29.9 Å². The van der Waals surface area contributed by atoms with Gasteiger partial charge in [0.25, 0.3) is 5.91 Å². The maximum absolute atomic E-state index is 12.5. The van der Waals surface area contributed by atoms with Gasteiger partial charge in [0.15, 0.2) is 17.2 Å². The van der Waals surface area contributed by atoms with E-state index in [4.69, 9.17) is 9.15 Å². The van der Waals surface area contributed by atoms with Crippen LogP contribution in [-0.2, 0) is 6.42 Å². The molecule has 2 heterocycles. The molecule has 7 heteroatoms. The maximum Gasteiger partial charge on any atom is 0.349 e. The lowest BCUT2D eigenvalue weighted by Crippen LogP contribution is -2.30. The molecule has 0 radical (unpaired) electrons. The summed E-state index contributed by atoms with van der Waals surface area (Å²) in [6.45, 7) is 0.336. The molecule has 0 saturated heterocycles. The number of hydrogen-bond donors (Lipinski definition) is 1. The first-order chi connectivity index (χ1) is 14.7. The number of nitrogens with zero attached hydrogens (tertiary/aromatic N) is 2. The standard InChI is InChI=1S/C23H19N3O4/c1-29-19-9-5-8-17-12-18(23(28)30-20(17)19)22(27)24-11-10-15-13-25-21(26-14-15)16-6-3-2-4-7-16/h2-9,12-14H,10-11H2,1H3,(H,24,27). The van der Waals surface area contributed by atoms with E-state index in [1.807, 2.05) is 30.3 Å². The number of ether oxygens (including phenoxy) is 1. The number of carbonyl (C=O) groups excluding carboxylic acids is 1. The van der Waals surface area contributed by atoms with Crippen LogP contribution in [0.3, 0.4) is 0 Å². The predicted octanol–water partition coefficient (Wildman–Crippen LogP) is 3.23. The molecule has 7 nitrogen and oxygen atoms in total. The van der Waals surface area contributed by atoms with Gasteiger partial charge in [-0.05, 0) is 24.1 Å². The summed E-state index contributed by atoms with van der Waals surface area (Å²) in [7, 11) is 1.49. The minimum Gasteiger partial charge on any atom is -0.493 e. The average molecular weight is 401 g/mol. The summed E-state index contributed by atoms with van der Waals surface area (Å²) in [5.74, 6) is 0.596. The summed E-state index contributed by atoms with van der Waals surface area (Å²) in [6.07, 6.45) is 4.00. The van der Waals surface area contributed by atoms with E-state index in [1.165, 1.54) is 13.2 Å². The molecule has 0 fully saturated rings. The zero-order valence-electron chi connectivity index (χ0n) is 16.3. The highest BCUT2D eigenvalue weighted by molar-refractivity contribution is 5.97. The molecule has 0 atom stereocenters. The molecule has 0 aliphatic rings. The average Bonchev–Trinajstić information content (AvgIpc) is 2.79. The Bertz CT molecular complexity index is 1240. The van der Waals surface area contributed by atoms with E-state index in [0.29, 0.717) is 35.5 Å². The first-order valence-electron chi connectivity index (χ1n) is 9.41. The minimum atomic E-state index is -0.708. The highest BCUT2D eigenvalue weighted by Crippen LogP contribution is 2.24. The topological polar surface area (TPSA) is 94.3 Å². The molecule has 0 bridgehead atoms. The Balaban J connectivity index is 1.41. The van der Waals surface area contributed by atoms with Crippen molar-refractivity contribution in [1.82, 2.24) is 15.3 Å². The van der Waals surface area contributed by atoms with Crippen molar-refractivity contribution in [3.05, 3.63) is 88.5 Å². The lowest BCUT2D eigenvalue weighted by Gasteiger charge is -2.07. The summed E-state index contributed by atoms with van der Waals surface area (Å²) < 4.78 is 10.5. The van der Waals surface area contributed by atoms with Crippen molar-refractivity contribution in [3.8, 4) is 17.1 Å². The number of para-hydroxylation sites is 1. The van der Waals surface area contributed by atoms with Crippen LogP contribution in [0.2, 0.25) is 0 Å². The van der Waals surface area contributed by atoms with E-state index in [2.05, 4.69) is 15.3 Å². The van der Waals surface area contributed by atoms with Gasteiger partial charge in [-0.2, -0.15) is 0 Å². The molecule has 30 heavy (non-hydrogen) atoms. The van der Waals surface area contributed by atoms with Gasteiger partial charge >= 0.3 is 5.63 Å². The monoisotopic (exact) mass is 401 g/mol. The summed E-state index contributed by atoms with van der Waals surface area (Å²) >= 11 is 0. The van der Waals surface area contributed by atoms with Crippen molar-refractivity contribution in [2.45, 2.75) is 6.42 Å². The number of carbonyl (C=O) groups is 1. The van der Waals surface area contributed by atoms with Crippen LogP contribution in [0.1, 0.15) is 15.9 Å². The largest absolute Gasteiger partial charge is 0.493 e. The van der Waals surface area contributed by atoms with E-state index < -0.39 is 11.5 Å². The molecule has 4 aromatic rings. The molecule has 2 aromatic carbocycles. The smallest absolute Gasteiger partial charge is 0.349 e. The second-order valence-electron chi connectivity index (χ2n) is 6.61. The summed E-state index contributed by atoms with van der Waals surface area (Å²) in [5, 5.41) is 3.36. The minimum absolute atomic E-state index is 0.0496. The summed E-state index contributed by atoms with van der Waals surface area (Å²) in [5.41, 5.74) is 1.38. The van der Waals surface area contributed by atoms with Crippen LogP contribution < -0.4 is 15.7 Å². The number of methoxy groups -OCH3 is 1. The fraction of sp³-hybridized carbons (Fsp3) is 0.130. The van der Waals surface area contributed by atoms with E-state index in [9.17, 15) is 9.59 Å². The SMILES string of the molecule is COc1cccc2cc(C(=O)NCCc3cnc(-c4ccccc4)nc3)c(=O)oc12. The van der Waals surface area contributed by atoms with Crippen molar-refractivity contribution in [3.63, 3.8) is 0 Å². The number of nitrogens with one attached hydrogen (secondary N) is 1. The van der Waals surface area contributed by atoms with E-state index in [-0.39, 0.29) is 5.56 Å². The number of fused-ring (bicyclic) bond motifs is 1. The summed E-state index contributed by atoms with van der Waals surface area (Å²) in [4.78, 5) is 33.4. The predicted molar refractivity (Wildman–Crippen MR) is 113 cm³/mol. The number of hydrogen-bond acceptors (Lipinski definition) is 6. The molecular formula is C23H19N3O4. The van der Waals surface area contributed by atoms with Gasteiger partial charge in [-0.3, -0.25) is 4.79 Å². The Labute approximate surface area is 172 Å². The normalized spacial score (nSPS) is 10.7. The van der Waals surface area contributed by atoms with Crippen molar-refractivity contribution in [1.29, 1.82) is 0 Å². The second kappa shape index (κ2) is 8.57. The third-order valence-corrected chi connectivity index (χ3v) is 4.62. The van der Waals surface area contributed by atoms with E-state index >= 15 is 0 Å². The Morgan fingerprint density at radius 1 is 1.07 bits per heavy atom. The van der Waals surface area contributed by atoms with Gasteiger partial charge < -0.3 is 14.5 Å². The van der Waals surface area contributed by atoms with Gasteiger partial charge in [0.05, 0.1) is 7.11 Å². The molecule has 4 rings (SSSR count). The fourth-order valence-corrected chi connectivity index (χ4v) is 3.07. The third-order valence-electron chi connectivity index (χ3n) is 4.62. The Morgan fingerprint density at radius 3 is 2.57 bits per heavy atom. The fourth-order valence-electron chi connectivity index (χ4n) is 3.07. The van der Waals surface area contributed by atoms with Gasteiger partial charge in [-0.1, -0.05) is 42.5 Å². The zero-order chi connectivity index (χ0) is 20.9. The molecular weight excluding hydrogens is 382 g/mol. The van der Waals surface area contributed by atoms with Gasteiger partial charge in [0.2, 0.25) is 0 Å². The molecule has 0 aliphatic carbocycles. The molecule has 0 aliphatic heterocycles. The van der Waals surface area contributed by atoms with E-state index in [0.717, 1.165) is 11.1 Å². The van der Waals surface area contributed by atoms with Gasteiger partial charge in [-0.25, -0.2) is 14.8 Å². The third kappa shape index (κ3) is 4.05. The number of rotatable bonds is 6. The number of benzene rings is 2. The van der Waals surface area contributed by atoms with Crippen molar-refractivity contribution in [2.75, 3.05) is 13.7 Å². The molecule has 0 spiro atoms. The van der Waals surface area contributed by atoms with Crippen molar-refractivity contribution < 1.29 is 13.9 Å². The van der Waals surface area contributed by atoms with Gasteiger partial charge in [-0.15, -0.1) is 0 Å². The zero-order valence-corrected chi connectivity index (χ0v) is 16.3. The maximum atomic E-state index is 12.5. The molecule has 150 valence electrons. The number of amides is 1. The van der Waals surface area contributed by atoms with Crippen LogP contribution in [0.4, 0.5) is 0 Å². The van der Waals surface area contributed by atoms with Gasteiger partial charge in [0.1, 0.15) is 5.56 Å². The van der Waals surface area contributed by atoms with Crippen LogP contribution in [-0.4, -0.2) is 29.5 Å². The first-order valence-corrected chi connectivity index (χ1v) is 9.41.